The van der Waals surface area contributed by atoms with E-state index in [2.05, 4.69) is 45.0 Å². The first-order chi connectivity index (χ1) is 11.8. The molecule has 25 heavy (non-hydrogen) atoms. The highest BCUT2D eigenvalue weighted by Crippen LogP contribution is 2.27. The minimum atomic E-state index is -0.929. The van der Waals surface area contributed by atoms with E-state index in [1.165, 1.54) is 5.56 Å². The Kier molecular flexibility index (Phi) is 4.29. The number of fused-ring (bicyclic) bond motifs is 1. The molecule has 0 amide bonds. The molecule has 0 fully saturated rings. The van der Waals surface area contributed by atoms with E-state index in [1.807, 2.05) is 22.8 Å². The predicted octanol–water partition coefficient (Wildman–Crippen LogP) is 4.69. The topological polar surface area (TPSA) is 51.5 Å². The molecule has 3 rings (SSSR count). The van der Waals surface area contributed by atoms with Crippen LogP contribution in [0.3, 0.4) is 0 Å². The lowest BCUT2D eigenvalue weighted by Crippen LogP contribution is -2.12. The van der Waals surface area contributed by atoms with Crippen molar-refractivity contribution in [1.82, 2.24) is 4.57 Å². The maximum atomic E-state index is 11.7. The Morgan fingerprint density at radius 1 is 1.08 bits per heavy atom. The number of nitrogens with zero attached hydrogens (tertiary/aromatic N) is 1. The molecular formula is C21H23NO3. The summed E-state index contributed by atoms with van der Waals surface area (Å²) in [7, 11) is 1.61. The summed E-state index contributed by atoms with van der Waals surface area (Å²) in [5.41, 5.74) is 3.56. The van der Waals surface area contributed by atoms with Crippen LogP contribution in [0, 0.1) is 0 Å². The molecule has 130 valence electrons. The van der Waals surface area contributed by atoms with Gasteiger partial charge in [0.05, 0.1) is 12.6 Å². The van der Waals surface area contributed by atoms with Gasteiger partial charge in [0.25, 0.3) is 0 Å². The van der Waals surface area contributed by atoms with E-state index < -0.39 is 5.97 Å². The first-order valence-corrected chi connectivity index (χ1v) is 8.29. The standard InChI is InChI=1S/C21H23NO3/c1-21(2,3)16-8-5-14(6-9-16)13-22-18-12-17(25-4)10-7-15(18)11-19(22)20(23)24/h5-12H,13H2,1-4H3,(H,23,24). The van der Waals surface area contributed by atoms with E-state index in [-0.39, 0.29) is 11.1 Å². The molecule has 0 saturated carbocycles. The van der Waals surface area contributed by atoms with Crippen molar-refractivity contribution in [3.05, 3.63) is 65.4 Å². The number of ether oxygens (including phenoxy) is 1. The number of methoxy groups -OCH3 is 1. The summed E-state index contributed by atoms with van der Waals surface area (Å²) in [5, 5.41) is 10.5. The molecule has 0 unspecified atom stereocenters. The monoisotopic (exact) mass is 337 g/mol. The fourth-order valence-corrected chi connectivity index (χ4v) is 3.00. The van der Waals surface area contributed by atoms with Crippen LogP contribution in [0.4, 0.5) is 0 Å². The molecule has 0 aliphatic heterocycles. The Morgan fingerprint density at radius 2 is 1.76 bits per heavy atom. The van der Waals surface area contributed by atoms with Crippen molar-refractivity contribution in [3.8, 4) is 5.75 Å². The van der Waals surface area contributed by atoms with Crippen molar-refractivity contribution in [3.63, 3.8) is 0 Å². The maximum absolute atomic E-state index is 11.7. The van der Waals surface area contributed by atoms with E-state index in [0.29, 0.717) is 12.3 Å². The zero-order valence-corrected chi connectivity index (χ0v) is 15.0. The molecule has 0 radical (unpaired) electrons. The summed E-state index contributed by atoms with van der Waals surface area (Å²) in [6, 6.07) is 15.7. The van der Waals surface area contributed by atoms with Gasteiger partial charge in [-0.25, -0.2) is 4.79 Å². The Morgan fingerprint density at radius 3 is 2.32 bits per heavy atom. The summed E-state index contributed by atoms with van der Waals surface area (Å²) in [6.07, 6.45) is 0. The van der Waals surface area contributed by atoms with Gasteiger partial charge in [-0.3, -0.25) is 0 Å². The third-order valence-corrected chi connectivity index (χ3v) is 4.49. The summed E-state index contributed by atoms with van der Waals surface area (Å²) < 4.78 is 7.12. The molecule has 1 N–H and O–H groups in total. The number of carboxylic acid groups (broad SMARTS) is 1. The second kappa shape index (κ2) is 6.28. The molecular weight excluding hydrogens is 314 g/mol. The summed E-state index contributed by atoms with van der Waals surface area (Å²) in [4.78, 5) is 11.7. The Hall–Kier alpha value is -2.75. The van der Waals surface area contributed by atoms with E-state index >= 15 is 0 Å². The van der Waals surface area contributed by atoms with Gasteiger partial charge in [-0.15, -0.1) is 0 Å². The van der Waals surface area contributed by atoms with Crippen LogP contribution in [0.1, 0.15) is 42.4 Å². The van der Waals surface area contributed by atoms with Crippen LogP contribution in [-0.2, 0) is 12.0 Å². The van der Waals surface area contributed by atoms with Crippen molar-refractivity contribution >= 4 is 16.9 Å². The third kappa shape index (κ3) is 3.38. The average molecular weight is 337 g/mol. The van der Waals surface area contributed by atoms with Gasteiger partial charge in [-0.1, -0.05) is 45.0 Å². The SMILES string of the molecule is COc1ccc2cc(C(=O)O)n(Cc3ccc(C(C)(C)C)cc3)c2c1. The molecule has 0 spiro atoms. The first-order valence-electron chi connectivity index (χ1n) is 8.29. The fraction of sp³-hybridized carbons (Fsp3) is 0.286. The van der Waals surface area contributed by atoms with Gasteiger partial charge in [0.1, 0.15) is 11.4 Å². The highest BCUT2D eigenvalue weighted by Gasteiger charge is 2.17. The summed E-state index contributed by atoms with van der Waals surface area (Å²) in [5.74, 6) is -0.214. The lowest BCUT2D eigenvalue weighted by Gasteiger charge is -2.19. The van der Waals surface area contributed by atoms with Crippen molar-refractivity contribution in [1.29, 1.82) is 0 Å². The van der Waals surface area contributed by atoms with Crippen molar-refractivity contribution in [2.75, 3.05) is 7.11 Å². The fourth-order valence-electron chi connectivity index (χ4n) is 3.00. The number of carboxylic acids is 1. The lowest BCUT2D eigenvalue weighted by molar-refractivity contribution is 0.0686. The molecule has 0 atom stereocenters. The molecule has 0 aliphatic carbocycles. The number of aromatic carboxylic acids is 1. The van der Waals surface area contributed by atoms with Crippen LogP contribution in [0.2, 0.25) is 0 Å². The molecule has 0 saturated heterocycles. The molecule has 4 nitrogen and oxygen atoms in total. The molecule has 0 aliphatic rings. The van der Waals surface area contributed by atoms with Gasteiger partial charge in [0.15, 0.2) is 0 Å². The number of aromatic nitrogens is 1. The Labute approximate surface area is 147 Å². The number of benzene rings is 2. The summed E-state index contributed by atoms with van der Waals surface area (Å²) in [6.45, 7) is 7.03. The predicted molar refractivity (Wildman–Crippen MR) is 99.7 cm³/mol. The van der Waals surface area contributed by atoms with Crippen molar-refractivity contribution in [2.45, 2.75) is 32.7 Å². The normalized spacial score (nSPS) is 11.7. The average Bonchev–Trinajstić information content (AvgIpc) is 2.92. The largest absolute Gasteiger partial charge is 0.497 e. The zero-order valence-electron chi connectivity index (χ0n) is 15.0. The molecule has 0 bridgehead atoms. The highest BCUT2D eigenvalue weighted by molar-refractivity contribution is 5.95. The molecule has 4 heteroatoms. The van der Waals surface area contributed by atoms with Crippen LogP contribution in [0.25, 0.3) is 10.9 Å². The van der Waals surface area contributed by atoms with Crippen molar-refractivity contribution < 1.29 is 14.6 Å². The van der Waals surface area contributed by atoms with Gasteiger partial charge >= 0.3 is 5.97 Å². The first kappa shape index (κ1) is 17.1. The minimum absolute atomic E-state index is 0.0955. The number of rotatable bonds is 4. The van der Waals surface area contributed by atoms with Crippen LogP contribution in [0.15, 0.2) is 48.5 Å². The van der Waals surface area contributed by atoms with Crippen LogP contribution in [-0.4, -0.2) is 22.8 Å². The van der Waals surface area contributed by atoms with E-state index in [1.54, 1.807) is 13.2 Å². The van der Waals surface area contributed by atoms with Crippen molar-refractivity contribution in [2.24, 2.45) is 0 Å². The van der Waals surface area contributed by atoms with E-state index in [4.69, 9.17) is 4.74 Å². The second-order valence-corrected chi connectivity index (χ2v) is 7.29. The maximum Gasteiger partial charge on any atom is 0.352 e. The van der Waals surface area contributed by atoms with E-state index in [0.717, 1.165) is 16.5 Å². The summed E-state index contributed by atoms with van der Waals surface area (Å²) >= 11 is 0. The van der Waals surface area contributed by atoms with Gasteiger partial charge in [0, 0.05) is 18.0 Å². The second-order valence-electron chi connectivity index (χ2n) is 7.29. The highest BCUT2D eigenvalue weighted by atomic mass is 16.5. The Balaban J connectivity index is 2.04. The number of hydrogen-bond donors (Lipinski definition) is 1. The number of carbonyl (C=O) groups is 1. The molecule has 3 aromatic rings. The third-order valence-electron chi connectivity index (χ3n) is 4.49. The van der Waals surface area contributed by atoms with Crippen LogP contribution in [0.5, 0.6) is 5.75 Å². The van der Waals surface area contributed by atoms with E-state index in [9.17, 15) is 9.90 Å². The Bertz CT molecular complexity index is 915. The van der Waals surface area contributed by atoms with Gasteiger partial charge in [-0.05, 0) is 34.7 Å². The quantitative estimate of drug-likeness (QED) is 0.751. The molecule has 2 aromatic carbocycles. The van der Waals surface area contributed by atoms with Gasteiger partial charge in [0.2, 0.25) is 0 Å². The van der Waals surface area contributed by atoms with Crippen LogP contribution >= 0.6 is 0 Å². The molecule has 1 heterocycles. The zero-order chi connectivity index (χ0) is 18.2. The van der Waals surface area contributed by atoms with Crippen LogP contribution < -0.4 is 4.74 Å². The van der Waals surface area contributed by atoms with Gasteiger partial charge < -0.3 is 14.4 Å². The number of hydrogen-bond acceptors (Lipinski definition) is 2. The van der Waals surface area contributed by atoms with Gasteiger partial charge in [-0.2, -0.15) is 0 Å². The minimum Gasteiger partial charge on any atom is -0.497 e. The smallest absolute Gasteiger partial charge is 0.352 e. The molecule has 1 aromatic heterocycles. The lowest BCUT2D eigenvalue weighted by atomic mass is 9.87.